The molecule has 5 fully saturated rings. The zero-order valence-corrected chi connectivity index (χ0v) is 68.6. The molecule has 576 valence electrons. The highest BCUT2D eigenvalue weighted by atomic mass is 32.2. The normalized spacial score (nSPS) is 15.9. The van der Waals surface area contributed by atoms with Gasteiger partial charge >= 0.3 is 5.97 Å². The molecular weight excluding hydrogens is 1450 g/mol. The number of methoxy groups -OCH3 is 4. The van der Waals surface area contributed by atoms with Crippen molar-refractivity contribution in [3.8, 4) is 28.7 Å². The van der Waals surface area contributed by atoms with E-state index in [1.54, 1.807) is 28.4 Å². The van der Waals surface area contributed by atoms with Gasteiger partial charge in [0.25, 0.3) is 0 Å². The van der Waals surface area contributed by atoms with Crippen molar-refractivity contribution in [3.05, 3.63) is 182 Å². The van der Waals surface area contributed by atoms with Crippen LogP contribution in [0.25, 0.3) is 53.9 Å². The Morgan fingerprint density at radius 3 is 0.676 bits per heavy atom. The third kappa shape index (κ3) is 23.9. The van der Waals surface area contributed by atoms with Crippen LogP contribution in [-0.4, -0.2) is 171 Å². The van der Waals surface area contributed by atoms with Crippen molar-refractivity contribution in [1.29, 1.82) is 0 Å². The number of ether oxygens (including phenoxy) is 11. The maximum Gasteiger partial charge on any atom is 0.308 e. The Balaban J connectivity index is 0.000000135. The predicted octanol–water partition coefficient (Wildman–Crippen LogP) is 19.3. The number of fused-ring (bicyclic) bond motifs is 5. The third-order valence-electron chi connectivity index (χ3n) is 19.9. The second kappa shape index (κ2) is 45.9. The molecule has 0 radical (unpaired) electrons. The maximum absolute atomic E-state index is 11.2. The summed E-state index contributed by atoms with van der Waals surface area (Å²) in [5.41, 5.74) is 0. The number of benzene rings is 10. The van der Waals surface area contributed by atoms with Crippen LogP contribution in [-0.2, 0) is 87.7 Å². The molecule has 0 unspecified atom stereocenters. The van der Waals surface area contributed by atoms with E-state index in [0.717, 1.165) is 28.4 Å². The van der Waals surface area contributed by atoms with Crippen molar-refractivity contribution in [2.45, 2.75) is 115 Å². The van der Waals surface area contributed by atoms with Crippen molar-refractivity contribution in [1.82, 2.24) is 0 Å². The lowest BCUT2D eigenvalue weighted by atomic mass is 10.1. The average molecular weight is 1560 g/mol. The summed E-state index contributed by atoms with van der Waals surface area (Å²) in [7, 11) is 8.80. The quantitative estimate of drug-likeness (QED) is 0.0201. The van der Waals surface area contributed by atoms with E-state index in [2.05, 4.69) is 164 Å². The zero-order valence-electron chi connectivity index (χ0n) is 64.5. The Morgan fingerprint density at radius 2 is 0.435 bits per heavy atom. The molecule has 15 rings (SSSR count). The minimum Gasteiger partial charge on any atom is -0.491 e. The van der Waals surface area contributed by atoms with Crippen LogP contribution < -0.4 is 23.7 Å². The molecule has 5 saturated heterocycles. The molecule has 17 heteroatoms. The predicted molar refractivity (Wildman–Crippen MR) is 459 cm³/mol. The Labute approximate surface area is 657 Å². The van der Waals surface area contributed by atoms with Gasteiger partial charge in [0.15, 0.2) is 24.5 Å². The smallest absolute Gasteiger partial charge is 0.308 e. The highest BCUT2D eigenvalue weighted by Crippen LogP contribution is 2.40. The minimum atomic E-state index is -0.261. The van der Waals surface area contributed by atoms with Crippen molar-refractivity contribution >= 4 is 114 Å². The van der Waals surface area contributed by atoms with Crippen LogP contribution in [0.4, 0.5) is 0 Å². The second-order valence-corrected chi connectivity index (χ2v) is 38.5. The molecular formula is C91H115O12S5+5. The molecule has 10 aromatic carbocycles. The molecule has 5 aliphatic rings. The van der Waals surface area contributed by atoms with Crippen LogP contribution in [0.5, 0.6) is 28.7 Å². The van der Waals surface area contributed by atoms with Gasteiger partial charge in [0.05, 0.1) is 52.9 Å². The number of hydrogen-bond acceptors (Lipinski definition) is 12. The van der Waals surface area contributed by atoms with E-state index in [1.807, 2.05) is 18.2 Å². The fraction of sp³-hybridized carbons (Fsp3) is 0.440. The van der Waals surface area contributed by atoms with Gasteiger partial charge < -0.3 is 52.1 Å². The van der Waals surface area contributed by atoms with Gasteiger partial charge in [-0.25, -0.2) is 0 Å². The molecule has 108 heavy (non-hydrogen) atoms. The summed E-state index contributed by atoms with van der Waals surface area (Å²) in [6, 6.07) is 64.6. The van der Waals surface area contributed by atoms with E-state index < -0.39 is 0 Å². The maximum atomic E-state index is 11.2. The molecule has 0 amide bonds. The van der Waals surface area contributed by atoms with Crippen LogP contribution >= 0.6 is 0 Å². The second-order valence-electron chi connectivity index (χ2n) is 27.3. The minimum absolute atomic E-state index is 0.261. The summed E-state index contributed by atoms with van der Waals surface area (Å²) >= 11 is 0. The van der Waals surface area contributed by atoms with Crippen molar-refractivity contribution < 1.29 is 56.9 Å². The van der Waals surface area contributed by atoms with Gasteiger partial charge in [0.2, 0.25) is 0 Å². The zero-order chi connectivity index (χ0) is 74.8. The lowest BCUT2D eigenvalue weighted by Crippen LogP contribution is -2.18. The Morgan fingerprint density at radius 1 is 0.241 bits per heavy atom. The molecule has 12 nitrogen and oxygen atoms in total. The van der Waals surface area contributed by atoms with Gasteiger partial charge in [-0.1, -0.05) is 91.0 Å². The third-order valence-corrected chi connectivity index (χ3v) is 32.6. The average Bonchev–Trinajstić information content (AvgIpc) is 1.03. The fourth-order valence-corrected chi connectivity index (χ4v) is 27.0. The molecule has 0 N–H and O–H groups in total. The first-order valence-electron chi connectivity index (χ1n) is 39.1. The van der Waals surface area contributed by atoms with Crippen LogP contribution in [0.3, 0.4) is 0 Å². The van der Waals surface area contributed by atoms with Crippen molar-refractivity contribution in [3.63, 3.8) is 0 Å². The first-order chi connectivity index (χ1) is 53.3. The standard InChI is InChI=1S/C20H27O3S.C19H25O3S.C18H23O2S.C17H19O2S.C17H21O2S/c1-21-11-12-22-13-14-23-19-9-10-20(24-15-5-2-6-16-24)18-8-4-3-7-17(18)19;1-20-10-11-21-12-13-22-18-8-9-19(23-14-4-5-15-23)17-7-3-2-6-16(17)18;1-19-11-12-20-17-9-10-18(21-13-5-2-6-14-21)16-8-4-3-7-15(16)17;1-13(18)19-16-9-10-17(20-11-5-2-6-12-20)15-8-4-3-7-14(15)16;1-18-10-11-19-16-8-9-17(20-12-4-5-13-20)15-7-3-2-6-14(15)16/h3-4,7-10H,2,5-6,11-16H2,1H3;2-3,6-9H,4-5,10-15H2,1H3;3-4,7-10H,2,5-6,11-14H2,1H3;3-4,7-10H,2,5-6,11-12H2,1H3;2-3,6-9H,4-5,10-13H2,1H3/q5*+1. The lowest BCUT2D eigenvalue weighted by Gasteiger charge is -2.16. The first-order valence-corrected chi connectivity index (χ1v) is 46.9. The summed E-state index contributed by atoms with van der Waals surface area (Å²) in [5.74, 6) is 17.7. The molecule has 0 atom stereocenters. The number of hydrogen-bond donors (Lipinski definition) is 0. The van der Waals surface area contributed by atoms with E-state index in [4.69, 9.17) is 52.1 Å². The molecule has 0 bridgehead atoms. The lowest BCUT2D eigenvalue weighted by molar-refractivity contribution is -0.131. The van der Waals surface area contributed by atoms with E-state index >= 15 is 0 Å². The molecule has 0 aromatic heterocycles. The Hall–Kier alpha value is -6.32. The topological polar surface area (TPSA) is 119 Å². The number of rotatable bonds is 28. The van der Waals surface area contributed by atoms with Crippen molar-refractivity contribution in [2.75, 3.05) is 165 Å². The van der Waals surface area contributed by atoms with E-state index in [-0.39, 0.29) is 5.97 Å². The van der Waals surface area contributed by atoms with Crippen LogP contribution in [0.1, 0.15) is 90.4 Å². The monoisotopic (exact) mass is 1560 g/mol. The Bertz CT molecular complexity index is 4340. The molecule has 5 heterocycles. The van der Waals surface area contributed by atoms with E-state index in [9.17, 15) is 4.79 Å². The van der Waals surface area contributed by atoms with Crippen LogP contribution in [0.15, 0.2) is 206 Å². The van der Waals surface area contributed by atoms with Gasteiger partial charge in [0, 0.05) is 144 Å². The van der Waals surface area contributed by atoms with Crippen molar-refractivity contribution in [2.24, 2.45) is 0 Å². The number of carbonyl (C=O) groups is 1. The van der Waals surface area contributed by atoms with Gasteiger partial charge in [-0.05, 0) is 174 Å². The molecule has 0 spiro atoms. The number of carbonyl (C=O) groups excluding carboxylic acids is 1. The SMILES string of the molecule is CC(=O)Oc1ccc([S+]2CCCCC2)c2ccccc12.COCCOCCOc1ccc([S+]2CCCC2)c2ccccc12.COCCOCCOc1ccc([S+]2CCCCC2)c2ccccc12.COCCOc1ccc([S+]2CCCC2)c2ccccc12.COCCOc1ccc([S+]2CCCCC2)c2ccccc12. The first kappa shape index (κ1) is 82.6. The largest absolute Gasteiger partial charge is 0.491 e. The van der Waals surface area contributed by atoms with E-state index in [1.165, 1.54) is 221 Å². The summed E-state index contributed by atoms with van der Waals surface area (Å²) in [6.45, 7) is 8.69. The highest BCUT2D eigenvalue weighted by Gasteiger charge is 2.33. The van der Waals surface area contributed by atoms with Crippen LogP contribution in [0.2, 0.25) is 0 Å². The molecule has 0 saturated carbocycles. The van der Waals surface area contributed by atoms with Gasteiger partial charge in [-0.2, -0.15) is 0 Å². The summed E-state index contributed by atoms with van der Waals surface area (Å²) in [5, 5.41) is 12.7. The summed E-state index contributed by atoms with van der Waals surface area (Å²) < 4.78 is 60.0. The summed E-state index contributed by atoms with van der Waals surface area (Å²) in [6.07, 6.45) is 17.8. The summed E-state index contributed by atoms with van der Waals surface area (Å²) in [4.78, 5) is 18.8. The van der Waals surface area contributed by atoms with Gasteiger partial charge in [-0.15, -0.1) is 0 Å². The van der Waals surface area contributed by atoms with Crippen LogP contribution in [0, 0.1) is 0 Å². The van der Waals surface area contributed by atoms with Gasteiger partial charge in [0.1, 0.15) is 113 Å². The fourth-order valence-electron chi connectivity index (χ4n) is 14.5. The number of esters is 1. The van der Waals surface area contributed by atoms with Gasteiger partial charge in [-0.3, -0.25) is 4.79 Å². The molecule has 10 aromatic rings. The Kier molecular flexibility index (Phi) is 35.1. The highest BCUT2D eigenvalue weighted by molar-refractivity contribution is 7.98. The molecule has 0 aliphatic carbocycles. The van der Waals surface area contributed by atoms with E-state index in [0.29, 0.717) is 140 Å². The molecule has 5 aliphatic heterocycles.